The minimum Gasteiger partial charge on any atom is -0.380 e. The van der Waals surface area contributed by atoms with Crippen molar-refractivity contribution < 1.29 is 4.74 Å². The standard InChI is InChI=1S/C14H17Br2ClO/c15-8-14(9-16,10-18-7-11-1-2-11)12-3-5-13(17)6-4-12/h3-6,11H,1-2,7-10H2. The Labute approximate surface area is 130 Å². The molecular weight excluding hydrogens is 379 g/mol. The number of rotatable bonds is 7. The van der Waals surface area contributed by atoms with Crippen molar-refractivity contribution in [3.63, 3.8) is 0 Å². The van der Waals surface area contributed by atoms with Crippen LogP contribution in [-0.4, -0.2) is 23.9 Å². The van der Waals surface area contributed by atoms with Gasteiger partial charge in [-0.15, -0.1) is 0 Å². The van der Waals surface area contributed by atoms with Crippen LogP contribution in [0, 0.1) is 5.92 Å². The van der Waals surface area contributed by atoms with Gasteiger partial charge in [0.25, 0.3) is 0 Å². The van der Waals surface area contributed by atoms with Gasteiger partial charge in [0.15, 0.2) is 0 Å². The number of alkyl halides is 2. The molecule has 0 saturated heterocycles. The third-order valence-corrected chi connectivity index (χ3v) is 5.80. The number of hydrogen-bond donors (Lipinski definition) is 0. The van der Waals surface area contributed by atoms with Gasteiger partial charge in [-0.3, -0.25) is 0 Å². The molecule has 0 heterocycles. The van der Waals surface area contributed by atoms with Crippen LogP contribution in [0.3, 0.4) is 0 Å². The second-order valence-electron chi connectivity index (χ2n) is 5.01. The fourth-order valence-electron chi connectivity index (χ4n) is 1.86. The van der Waals surface area contributed by atoms with Crippen LogP contribution >= 0.6 is 43.5 Å². The molecule has 1 aromatic rings. The normalized spacial score (nSPS) is 15.9. The van der Waals surface area contributed by atoms with E-state index in [1.165, 1.54) is 18.4 Å². The van der Waals surface area contributed by atoms with Crippen LogP contribution < -0.4 is 0 Å². The molecule has 1 aliphatic rings. The Hall–Kier alpha value is 0.430. The number of hydrogen-bond acceptors (Lipinski definition) is 1. The predicted octanol–water partition coefficient (Wildman–Crippen LogP) is 4.79. The van der Waals surface area contributed by atoms with E-state index in [4.69, 9.17) is 16.3 Å². The predicted molar refractivity (Wildman–Crippen MR) is 84.3 cm³/mol. The molecule has 0 aromatic heterocycles. The maximum absolute atomic E-state index is 5.95. The van der Waals surface area contributed by atoms with Crippen LogP contribution in [0.15, 0.2) is 24.3 Å². The number of halogens is 3. The average molecular weight is 397 g/mol. The second-order valence-corrected chi connectivity index (χ2v) is 6.57. The third-order valence-electron chi connectivity index (χ3n) is 3.40. The van der Waals surface area contributed by atoms with Crippen molar-refractivity contribution >= 4 is 43.5 Å². The zero-order valence-electron chi connectivity index (χ0n) is 10.2. The first kappa shape index (κ1) is 14.8. The molecule has 0 N–H and O–H groups in total. The summed E-state index contributed by atoms with van der Waals surface area (Å²) in [5.41, 5.74) is 1.25. The lowest BCUT2D eigenvalue weighted by Gasteiger charge is -2.30. The Kier molecular flexibility index (Phi) is 5.55. The summed E-state index contributed by atoms with van der Waals surface area (Å²) in [5, 5.41) is 2.52. The zero-order chi connectivity index (χ0) is 13.0. The van der Waals surface area contributed by atoms with E-state index in [2.05, 4.69) is 44.0 Å². The minimum atomic E-state index is -0.0144. The molecule has 2 rings (SSSR count). The van der Waals surface area contributed by atoms with Gasteiger partial charge in [0, 0.05) is 27.7 Å². The van der Waals surface area contributed by atoms with Gasteiger partial charge in [-0.25, -0.2) is 0 Å². The molecule has 1 aliphatic carbocycles. The van der Waals surface area contributed by atoms with E-state index in [1.54, 1.807) is 0 Å². The van der Waals surface area contributed by atoms with Gasteiger partial charge in [-0.05, 0) is 36.5 Å². The molecule has 4 heteroatoms. The molecular formula is C14H17Br2ClO. The molecule has 0 spiro atoms. The molecule has 0 radical (unpaired) electrons. The molecule has 1 nitrogen and oxygen atoms in total. The van der Waals surface area contributed by atoms with E-state index < -0.39 is 0 Å². The fourth-order valence-corrected chi connectivity index (χ4v) is 3.89. The van der Waals surface area contributed by atoms with Gasteiger partial charge in [0.05, 0.1) is 6.61 Å². The average Bonchev–Trinajstić information content (AvgIpc) is 3.20. The molecule has 0 unspecified atom stereocenters. The van der Waals surface area contributed by atoms with E-state index in [0.29, 0.717) is 0 Å². The Morgan fingerprint density at radius 1 is 1.17 bits per heavy atom. The molecule has 1 saturated carbocycles. The van der Waals surface area contributed by atoms with Crippen molar-refractivity contribution in [2.75, 3.05) is 23.9 Å². The van der Waals surface area contributed by atoms with Crippen molar-refractivity contribution in [1.29, 1.82) is 0 Å². The molecule has 0 bridgehead atoms. The van der Waals surface area contributed by atoms with Crippen LogP contribution in [0.25, 0.3) is 0 Å². The first-order valence-corrected chi connectivity index (χ1v) is 8.78. The lowest BCUT2D eigenvalue weighted by molar-refractivity contribution is 0.0905. The Morgan fingerprint density at radius 3 is 2.28 bits per heavy atom. The number of ether oxygens (including phenoxy) is 1. The van der Waals surface area contributed by atoms with Crippen molar-refractivity contribution in [3.8, 4) is 0 Å². The fraction of sp³-hybridized carbons (Fsp3) is 0.571. The van der Waals surface area contributed by atoms with Gasteiger partial charge >= 0.3 is 0 Å². The molecule has 0 aliphatic heterocycles. The zero-order valence-corrected chi connectivity index (χ0v) is 14.1. The van der Waals surface area contributed by atoms with Crippen molar-refractivity contribution in [1.82, 2.24) is 0 Å². The van der Waals surface area contributed by atoms with Gasteiger partial charge in [-0.2, -0.15) is 0 Å². The highest BCUT2D eigenvalue weighted by atomic mass is 79.9. The summed E-state index contributed by atoms with van der Waals surface area (Å²) in [7, 11) is 0. The smallest absolute Gasteiger partial charge is 0.0579 e. The third kappa shape index (κ3) is 3.72. The topological polar surface area (TPSA) is 9.23 Å². The summed E-state index contributed by atoms with van der Waals surface area (Å²) < 4.78 is 5.90. The van der Waals surface area contributed by atoms with Crippen LogP contribution in [0.5, 0.6) is 0 Å². The quantitative estimate of drug-likeness (QED) is 0.602. The van der Waals surface area contributed by atoms with Crippen LogP contribution in [-0.2, 0) is 10.2 Å². The molecule has 1 aromatic carbocycles. The van der Waals surface area contributed by atoms with Crippen molar-refractivity contribution in [2.24, 2.45) is 5.92 Å². The van der Waals surface area contributed by atoms with Gasteiger partial charge in [-0.1, -0.05) is 55.6 Å². The van der Waals surface area contributed by atoms with E-state index in [-0.39, 0.29) is 5.41 Å². The number of benzene rings is 1. The minimum absolute atomic E-state index is 0.0144. The maximum Gasteiger partial charge on any atom is 0.0579 e. The highest BCUT2D eigenvalue weighted by Gasteiger charge is 2.31. The van der Waals surface area contributed by atoms with Crippen LogP contribution in [0.1, 0.15) is 18.4 Å². The van der Waals surface area contributed by atoms with Gasteiger partial charge < -0.3 is 4.74 Å². The summed E-state index contributed by atoms with van der Waals surface area (Å²) in [6.07, 6.45) is 2.66. The highest BCUT2D eigenvalue weighted by Crippen LogP contribution is 2.33. The van der Waals surface area contributed by atoms with E-state index in [1.807, 2.05) is 12.1 Å². The monoisotopic (exact) mass is 394 g/mol. The molecule has 100 valence electrons. The molecule has 1 fully saturated rings. The lowest BCUT2D eigenvalue weighted by Crippen LogP contribution is -2.36. The highest BCUT2D eigenvalue weighted by molar-refractivity contribution is 9.09. The SMILES string of the molecule is Clc1ccc(C(CBr)(CBr)COCC2CC2)cc1. The van der Waals surface area contributed by atoms with Gasteiger partial charge in [0.1, 0.15) is 0 Å². The van der Waals surface area contributed by atoms with E-state index in [9.17, 15) is 0 Å². The second kappa shape index (κ2) is 6.74. The summed E-state index contributed by atoms with van der Waals surface area (Å²) in [6.45, 7) is 1.64. The molecule has 0 amide bonds. The summed E-state index contributed by atoms with van der Waals surface area (Å²) in [5.74, 6) is 0.804. The first-order valence-electron chi connectivity index (χ1n) is 6.16. The summed E-state index contributed by atoms with van der Waals surface area (Å²) >= 11 is 13.2. The van der Waals surface area contributed by atoms with Gasteiger partial charge in [0.2, 0.25) is 0 Å². The van der Waals surface area contributed by atoms with Crippen molar-refractivity contribution in [2.45, 2.75) is 18.3 Å². The molecule has 18 heavy (non-hydrogen) atoms. The largest absolute Gasteiger partial charge is 0.380 e. The lowest BCUT2D eigenvalue weighted by atomic mass is 9.85. The van der Waals surface area contributed by atoms with Crippen LogP contribution in [0.4, 0.5) is 0 Å². The summed E-state index contributed by atoms with van der Waals surface area (Å²) in [4.78, 5) is 0. The van der Waals surface area contributed by atoms with E-state index >= 15 is 0 Å². The Balaban J connectivity index is 2.05. The Morgan fingerprint density at radius 2 is 1.78 bits per heavy atom. The van der Waals surface area contributed by atoms with E-state index in [0.717, 1.165) is 34.8 Å². The first-order chi connectivity index (χ1) is 8.70. The maximum atomic E-state index is 5.95. The van der Waals surface area contributed by atoms with Crippen molar-refractivity contribution in [3.05, 3.63) is 34.9 Å². The Bertz CT molecular complexity index is 372. The molecule has 0 atom stereocenters. The summed E-state index contributed by atoms with van der Waals surface area (Å²) in [6, 6.07) is 8.06. The van der Waals surface area contributed by atoms with Crippen LogP contribution in [0.2, 0.25) is 5.02 Å².